The Labute approximate surface area is 72.0 Å². The number of hydrogen-bond acceptors (Lipinski definition) is 3. The van der Waals surface area contributed by atoms with E-state index in [1.165, 1.54) is 6.08 Å². The molecule has 1 unspecified atom stereocenters. The van der Waals surface area contributed by atoms with Crippen molar-refractivity contribution in [3.8, 4) is 0 Å². The fourth-order valence-electron chi connectivity index (χ4n) is 0.545. The SMILES string of the molecule is O=[N+]([O-])N1C=CC(Cl)=NC1Cl. The van der Waals surface area contributed by atoms with Gasteiger partial charge in [-0.3, -0.25) is 0 Å². The van der Waals surface area contributed by atoms with Crippen molar-refractivity contribution in [1.82, 2.24) is 5.01 Å². The van der Waals surface area contributed by atoms with Crippen LogP contribution in [0, 0.1) is 10.1 Å². The number of aliphatic imine (C=N–C) groups is 1. The Hall–Kier alpha value is -0.810. The Morgan fingerprint density at radius 2 is 2.45 bits per heavy atom. The molecule has 0 saturated carbocycles. The lowest BCUT2D eigenvalue weighted by Crippen LogP contribution is -2.32. The van der Waals surface area contributed by atoms with Gasteiger partial charge >= 0.3 is 0 Å². The van der Waals surface area contributed by atoms with Gasteiger partial charge < -0.3 is 0 Å². The summed E-state index contributed by atoms with van der Waals surface area (Å²) in [7, 11) is 0. The summed E-state index contributed by atoms with van der Waals surface area (Å²) in [4.78, 5) is 13.7. The van der Waals surface area contributed by atoms with Crippen LogP contribution in [-0.2, 0) is 0 Å². The zero-order chi connectivity index (χ0) is 8.43. The van der Waals surface area contributed by atoms with E-state index in [2.05, 4.69) is 4.99 Å². The van der Waals surface area contributed by atoms with Crippen LogP contribution in [-0.4, -0.2) is 20.8 Å². The molecule has 1 aliphatic heterocycles. The van der Waals surface area contributed by atoms with Crippen molar-refractivity contribution in [2.75, 3.05) is 0 Å². The van der Waals surface area contributed by atoms with Crippen LogP contribution in [0.15, 0.2) is 17.3 Å². The van der Waals surface area contributed by atoms with Gasteiger partial charge in [-0.15, -0.1) is 0 Å². The fraction of sp³-hybridized carbons (Fsp3) is 0.250. The molecule has 7 heteroatoms. The molecule has 11 heavy (non-hydrogen) atoms. The predicted molar refractivity (Wildman–Crippen MR) is 40.9 cm³/mol. The Kier molecular flexibility index (Phi) is 2.31. The lowest BCUT2D eigenvalue weighted by Gasteiger charge is -2.14. The molecule has 0 bridgehead atoms. The molecule has 0 aliphatic carbocycles. The van der Waals surface area contributed by atoms with Crippen LogP contribution < -0.4 is 0 Å². The second kappa shape index (κ2) is 3.06. The average molecular weight is 196 g/mol. The summed E-state index contributed by atoms with van der Waals surface area (Å²) in [6, 6.07) is 0. The van der Waals surface area contributed by atoms with Gasteiger partial charge in [0.15, 0.2) is 5.03 Å². The van der Waals surface area contributed by atoms with E-state index in [4.69, 9.17) is 23.2 Å². The van der Waals surface area contributed by atoms with Crippen LogP contribution >= 0.6 is 23.2 Å². The van der Waals surface area contributed by atoms with E-state index >= 15 is 0 Å². The number of alkyl halides is 1. The Balaban J connectivity index is 2.77. The summed E-state index contributed by atoms with van der Waals surface area (Å²) < 4.78 is 0. The van der Waals surface area contributed by atoms with Gasteiger partial charge in [0.25, 0.3) is 5.62 Å². The normalized spacial score (nSPS) is 23.3. The predicted octanol–water partition coefficient (Wildman–Crippen LogP) is 1.17. The molecule has 0 spiro atoms. The second-order valence-corrected chi connectivity index (χ2v) is 2.47. The first-order chi connectivity index (χ1) is 5.11. The monoisotopic (exact) mass is 195 g/mol. The summed E-state index contributed by atoms with van der Waals surface area (Å²) >= 11 is 10.8. The van der Waals surface area contributed by atoms with Gasteiger partial charge in [-0.25, -0.2) is 15.1 Å². The van der Waals surface area contributed by atoms with Gasteiger partial charge in [0, 0.05) is 0 Å². The molecule has 1 heterocycles. The molecule has 60 valence electrons. The number of allylic oxidation sites excluding steroid dienone is 1. The van der Waals surface area contributed by atoms with Gasteiger partial charge in [-0.1, -0.05) is 28.2 Å². The van der Waals surface area contributed by atoms with Gasteiger partial charge in [0.1, 0.15) is 5.17 Å². The van der Waals surface area contributed by atoms with Crippen molar-refractivity contribution in [3.05, 3.63) is 22.4 Å². The number of nitro groups is 1. The highest BCUT2D eigenvalue weighted by atomic mass is 35.5. The minimum atomic E-state index is -1.05. The van der Waals surface area contributed by atoms with Crippen molar-refractivity contribution in [2.45, 2.75) is 5.62 Å². The maximum atomic E-state index is 10.2. The maximum Gasteiger partial charge on any atom is 0.259 e. The molecule has 0 amide bonds. The van der Waals surface area contributed by atoms with Crippen LogP contribution in [0.1, 0.15) is 0 Å². The molecule has 1 rings (SSSR count). The Bertz CT molecular complexity index is 239. The Morgan fingerprint density at radius 1 is 1.82 bits per heavy atom. The molecule has 1 atom stereocenters. The van der Waals surface area contributed by atoms with E-state index in [1.807, 2.05) is 0 Å². The second-order valence-electron chi connectivity index (χ2n) is 1.70. The van der Waals surface area contributed by atoms with Crippen molar-refractivity contribution in [3.63, 3.8) is 0 Å². The van der Waals surface area contributed by atoms with Crippen LogP contribution in [0.3, 0.4) is 0 Å². The number of hydrazine groups is 1. The van der Waals surface area contributed by atoms with Crippen LogP contribution in [0.2, 0.25) is 0 Å². The fourth-order valence-corrected chi connectivity index (χ4v) is 0.985. The largest absolute Gasteiger partial charge is 0.259 e. The van der Waals surface area contributed by atoms with E-state index in [0.29, 0.717) is 5.01 Å². The minimum Gasteiger partial charge on any atom is -0.234 e. The smallest absolute Gasteiger partial charge is 0.234 e. The van der Waals surface area contributed by atoms with Crippen molar-refractivity contribution in [2.24, 2.45) is 4.99 Å². The van der Waals surface area contributed by atoms with E-state index in [0.717, 1.165) is 6.20 Å². The van der Waals surface area contributed by atoms with E-state index < -0.39 is 10.7 Å². The van der Waals surface area contributed by atoms with Gasteiger partial charge in [-0.05, 0) is 6.08 Å². The van der Waals surface area contributed by atoms with Crippen LogP contribution in [0.4, 0.5) is 0 Å². The molecule has 0 radical (unpaired) electrons. The van der Waals surface area contributed by atoms with E-state index in [9.17, 15) is 10.1 Å². The lowest BCUT2D eigenvalue weighted by atomic mass is 10.6. The van der Waals surface area contributed by atoms with Gasteiger partial charge in [0.2, 0.25) is 0 Å². The highest BCUT2D eigenvalue weighted by Gasteiger charge is 2.23. The van der Waals surface area contributed by atoms with Crippen LogP contribution in [0.5, 0.6) is 0 Å². The topological polar surface area (TPSA) is 58.7 Å². The van der Waals surface area contributed by atoms with Gasteiger partial charge in [-0.2, -0.15) is 0 Å². The highest BCUT2D eigenvalue weighted by Crippen LogP contribution is 2.13. The summed E-state index contributed by atoms with van der Waals surface area (Å²) in [6.07, 6.45) is 2.45. The third-order valence-corrected chi connectivity index (χ3v) is 1.52. The summed E-state index contributed by atoms with van der Waals surface area (Å²) in [5.74, 6) is 0. The first-order valence-electron chi connectivity index (χ1n) is 2.59. The summed E-state index contributed by atoms with van der Waals surface area (Å²) in [5.41, 5.74) is -1.05. The highest BCUT2D eigenvalue weighted by molar-refractivity contribution is 6.68. The van der Waals surface area contributed by atoms with Crippen molar-refractivity contribution in [1.29, 1.82) is 0 Å². The molecule has 0 aromatic carbocycles. The van der Waals surface area contributed by atoms with Crippen LogP contribution in [0.25, 0.3) is 0 Å². The van der Waals surface area contributed by atoms with E-state index in [-0.39, 0.29) is 5.17 Å². The van der Waals surface area contributed by atoms with Crippen molar-refractivity contribution < 1.29 is 5.03 Å². The molecule has 1 aliphatic rings. The summed E-state index contributed by atoms with van der Waals surface area (Å²) in [6.45, 7) is 0. The molecular weight excluding hydrogens is 193 g/mol. The maximum absolute atomic E-state index is 10.2. The number of rotatable bonds is 1. The summed E-state index contributed by atoms with van der Waals surface area (Å²) in [5, 5.41) is 10.3. The molecule has 5 nitrogen and oxygen atoms in total. The lowest BCUT2D eigenvalue weighted by molar-refractivity contribution is -0.643. The minimum absolute atomic E-state index is 0.156. The molecule has 0 aromatic heterocycles. The standard InChI is InChI=1S/C4H3Cl2N3O2/c5-3-1-2-8(9(10)11)4(6)7-3/h1-2,4H. The third kappa shape index (κ3) is 1.81. The molecule has 0 saturated heterocycles. The number of halogens is 2. The molecular formula is C4H3Cl2N3O2. The zero-order valence-electron chi connectivity index (χ0n) is 5.15. The Morgan fingerprint density at radius 3 is 2.91 bits per heavy atom. The van der Waals surface area contributed by atoms with Gasteiger partial charge in [0.05, 0.1) is 6.20 Å². The van der Waals surface area contributed by atoms with E-state index in [1.54, 1.807) is 0 Å². The quantitative estimate of drug-likeness (QED) is 0.273. The average Bonchev–Trinajstić information content (AvgIpc) is 1.85. The molecule has 0 aromatic rings. The first kappa shape index (κ1) is 8.29. The first-order valence-corrected chi connectivity index (χ1v) is 3.41. The number of hydrogen-bond donors (Lipinski definition) is 0. The van der Waals surface area contributed by atoms with Crippen molar-refractivity contribution >= 4 is 28.4 Å². The molecule has 0 N–H and O–H groups in total. The molecule has 0 fully saturated rings. The number of nitrogens with zero attached hydrogens (tertiary/aromatic N) is 3. The zero-order valence-corrected chi connectivity index (χ0v) is 6.66. The third-order valence-electron chi connectivity index (χ3n) is 1.00.